The van der Waals surface area contributed by atoms with Crippen LogP contribution in [0, 0.1) is 0 Å². The van der Waals surface area contributed by atoms with E-state index in [-0.39, 0.29) is 18.3 Å². The number of hydrogen-bond acceptors (Lipinski definition) is 6. The van der Waals surface area contributed by atoms with Crippen LogP contribution in [-0.2, 0) is 20.5 Å². The third-order valence-corrected chi connectivity index (χ3v) is 7.00. The molecule has 3 heterocycles. The third-order valence-electron chi connectivity index (χ3n) is 5.90. The standard InChI is InChI=1S/C19H27BN2O3S/c1-18(2)19(3,4)25-20(24-18)13-6-7-16-15(10-13)21-17(26-16)8-9-22(5)14-11-23-12-14/h6-7,10,14H,8-9,11-12H2,1-5H3. The number of hydrogen-bond donors (Lipinski definition) is 0. The number of benzene rings is 1. The molecule has 0 radical (unpaired) electrons. The van der Waals surface area contributed by atoms with Crippen LogP contribution in [0.2, 0.25) is 0 Å². The number of likely N-dealkylation sites (N-methyl/N-ethyl adjacent to an activating group) is 1. The molecule has 2 aliphatic heterocycles. The lowest BCUT2D eigenvalue weighted by Crippen LogP contribution is -2.47. The van der Waals surface area contributed by atoms with Gasteiger partial charge in [-0.3, -0.25) is 4.90 Å². The number of ether oxygens (including phenoxy) is 1. The van der Waals surface area contributed by atoms with Crippen LogP contribution in [0.3, 0.4) is 0 Å². The van der Waals surface area contributed by atoms with Crippen LogP contribution in [0.1, 0.15) is 32.7 Å². The van der Waals surface area contributed by atoms with E-state index in [2.05, 4.69) is 57.8 Å². The Bertz CT molecular complexity index is 787. The van der Waals surface area contributed by atoms with Crippen molar-refractivity contribution in [2.45, 2.75) is 51.4 Å². The number of fused-ring (bicyclic) bond motifs is 1. The summed E-state index contributed by atoms with van der Waals surface area (Å²) >= 11 is 1.78. The highest BCUT2D eigenvalue weighted by Crippen LogP contribution is 2.36. The van der Waals surface area contributed by atoms with E-state index in [4.69, 9.17) is 19.0 Å². The van der Waals surface area contributed by atoms with E-state index in [9.17, 15) is 0 Å². The highest BCUT2D eigenvalue weighted by Gasteiger charge is 2.51. The van der Waals surface area contributed by atoms with Crippen molar-refractivity contribution in [3.8, 4) is 0 Å². The highest BCUT2D eigenvalue weighted by molar-refractivity contribution is 7.18. The van der Waals surface area contributed by atoms with Gasteiger partial charge in [0.1, 0.15) is 0 Å². The molecule has 2 saturated heterocycles. The molecule has 2 fully saturated rings. The summed E-state index contributed by atoms with van der Waals surface area (Å²) in [5.41, 5.74) is 1.43. The van der Waals surface area contributed by atoms with E-state index >= 15 is 0 Å². The van der Waals surface area contributed by atoms with Gasteiger partial charge in [0.25, 0.3) is 0 Å². The zero-order valence-corrected chi connectivity index (χ0v) is 17.1. The van der Waals surface area contributed by atoms with Gasteiger partial charge in [0.15, 0.2) is 0 Å². The maximum atomic E-state index is 6.16. The lowest BCUT2D eigenvalue weighted by Gasteiger charge is -2.34. The van der Waals surface area contributed by atoms with Crippen LogP contribution in [0.5, 0.6) is 0 Å². The Morgan fingerprint density at radius 3 is 2.50 bits per heavy atom. The first-order valence-electron chi connectivity index (χ1n) is 9.28. The van der Waals surface area contributed by atoms with Crippen molar-refractivity contribution in [2.24, 2.45) is 0 Å². The van der Waals surface area contributed by atoms with Crippen molar-refractivity contribution in [3.05, 3.63) is 23.2 Å². The molecule has 0 N–H and O–H groups in total. The minimum Gasteiger partial charge on any atom is -0.399 e. The van der Waals surface area contributed by atoms with Crippen LogP contribution in [-0.4, -0.2) is 61.1 Å². The lowest BCUT2D eigenvalue weighted by atomic mass is 9.79. The molecule has 5 nitrogen and oxygen atoms in total. The number of rotatable bonds is 5. The molecule has 1 aromatic carbocycles. The van der Waals surface area contributed by atoms with Crippen molar-refractivity contribution >= 4 is 34.1 Å². The van der Waals surface area contributed by atoms with E-state index in [1.165, 1.54) is 9.71 Å². The summed E-state index contributed by atoms with van der Waals surface area (Å²) in [6, 6.07) is 6.92. The number of thiazole rings is 1. The Hall–Kier alpha value is -0.985. The molecule has 0 atom stereocenters. The van der Waals surface area contributed by atoms with Crippen molar-refractivity contribution < 1.29 is 14.0 Å². The first-order valence-corrected chi connectivity index (χ1v) is 10.1. The molecule has 1 aromatic heterocycles. The van der Waals surface area contributed by atoms with Crippen molar-refractivity contribution in [1.82, 2.24) is 9.88 Å². The van der Waals surface area contributed by atoms with Crippen molar-refractivity contribution in [3.63, 3.8) is 0 Å². The molecule has 140 valence electrons. The van der Waals surface area contributed by atoms with Gasteiger partial charge < -0.3 is 14.0 Å². The molecule has 2 aliphatic rings. The molecule has 0 spiro atoms. The summed E-state index contributed by atoms with van der Waals surface area (Å²) in [5, 5.41) is 1.18. The largest absolute Gasteiger partial charge is 0.494 e. The Kier molecular flexibility index (Phi) is 4.64. The lowest BCUT2D eigenvalue weighted by molar-refractivity contribution is -0.0555. The second kappa shape index (κ2) is 6.57. The maximum Gasteiger partial charge on any atom is 0.494 e. The Labute approximate surface area is 159 Å². The first kappa shape index (κ1) is 18.4. The summed E-state index contributed by atoms with van der Waals surface area (Å²) in [4.78, 5) is 7.21. The van der Waals surface area contributed by atoms with Gasteiger partial charge in [-0.2, -0.15) is 0 Å². The van der Waals surface area contributed by atoms with Crippen molar-refractivity contribution in [2.75, 3.05) is 26.8 Å². The highest BCUT2D eigenvalue weighted by atomic mass is 32.1. The van der Waals surface area contributed by atoms with Gasteiger partial charge in [-0.05, 0) is 52.3 Å². The van der Waals surface area contributed by atoms with Gasteiger partial charge in [-0.15, -0.1) is 11.3 Å². The average Bonchev–Trinajstić information content (AvgIpc) is 3.00. The van der Waals surface area contributed by atoms with Gasteiger partial charge in [0.05, 0.1) is 45.7 Å². The monoisotopic (exact) mass is 374 g/mol. The fraction of sp³-hybridized carbons (Fsp3) is 0.632. The molecule has 0 unspecified atom stereocenters. The van der Waals surface area contributed by atoms with Crippen LogP contribution < -0.4 is 5.46 Å². The maximum absolute atomic E-state index is 6.16. The van der Waals surface area contributed by atoms with Gasteiger partial charge in [-0.1, -0.05) is 6.07 Å². The van der Waals surface area contributed by atoms with E-state index in [0.29, 0.717) is 6.04 Å². The second-order valence-electron chi connectivity index (χ2n) is 8.34. The topological polar surface area (TPSA) is 43.8 Å². The Balaban J connectivity index is 1.47. The zero-order valence-electron chi connectivity index (χ0n) is 16.2. The molecule has 26 heavy (non-hydrogen) atoms. The van der Waals surface area contributed by atoms with Crippen LogP contribution in [0.4, 0.5) is 0 Å². The summed E-state index contributed by atoms with van der Waals surface area (Å²) < 4.78 is 18.8. The molecule has 4 rings (SSSR count). The average molecular weight is 374 g/mol. The van der Waals surface area contributed by atoms with Crippen molar-refractivity contribution in [1.29, 1.82) is 0 Å². The Morgan fingerprint density at radius 1 is 1.19 bits per heavy atom. The molecule has 0 bridgehead atoms. The predicted octanol–water partition coefficient (Wildman–Crippen LogP) is 2.47. The number of aromatic nitrogens is 1. The first-order chi connectivity index (χ1) is 12.2. The van der Waals surface area contributed by atoms with Crippen LogP contribution >= 0.6 is 11.3 Å². The van der Waals surface area contributed by atoms with Gasteiger partial charge in [-0.25, -0.2) is 4.98 Å². The molecule has 0 aliphatic carbocycles. The van der Waals surface area contributed by atoms with Crippen LogP contribution in [0.25, 0.3) is 10.2 Å². The van der Waals surface area contributed by atoms with E-state index in [0.717, 1.165) is 37.2 Å². The van der Waals surface area contributed by atoms with Crippen LogP contribution in [0.15, 0.2) is 18.2 Å². The zero-order chi connectivity index (χ0) is 18.5. The molecule has 0 amide bonds. The predicted molar refractivity (Wildman–Crippen MR) is 106 cm³/mol. The van der Waals surface area contributed by atoms with E-state index < -0.39 is 0 Å². The normalized spacial score (nSPS) is 22.3. The minimum atomic E-state index is -0.334. The van der Waals surface area contributed by atoms with Gasteiger partial charge in [0.2, 0.25) is 0 Å². The van der Waals surface area contributed by atoms with Gasteiger partial charge >= 0.3 is 7.12 Å². The number of nitrogens with zero attached hydrogens (tertiary/aromatic N) is 2. The quantitative estimate of drug-likeness (QED) is 0.753. The van der Waals surface area contributed by atoms with E-state index in [1.54, 1.807) is 11.3 Å². The summed E-state index contributed by atoms with van der Waals surface area (Å²) in [6.07, 6.45) is 0.970. The summed E-state index contributed by atoms with van der Waals surface area (Å²) in [6.45, 7) is 11.0. The Morgan fingerprint density at radius 2 is 1.88 bits per heavy atom. The fourth-order valence-corrected chi connectivity index (χ4v) is 4.09. The molecule has 7 heteroatoms. The SMILES string of the molecule is CN(CCc1nc2cc(B3OC(C)(C)C(C)(C)O3)ccc2s1)C1COC1. The molecule has 2 aromatic rings. The summed E-state index contributed by atoms with van der Waals surface area (Å²) in [5.74, 6) is 0. The molecular formula is C19H27BN2O3S. The summed E-state index contributed by atoms with van der Waals surface area (Å²) in [7, 11) is 1.83. The minimum absolute atomic E-state index is 0.324. The molecule has 0 saturated carbocycles. The second-order valence-corrected chi connectivity index (χ2v) is 9.46. The van der Waals surface area contributed by atoms with Gasteiger partial charge in [0, 0.05) is 13.0 Å². The van der Waals surface area contributed by atoms with E-state index in [1.807, 2.05) is 0 Å². The smallest absolute Gasteiger partial charge is 0.399 e. The molecular weight excluding hydrogens is 347 g/mol. The third kappa shape index (κ3) is 3.31. The fourth-order valence-electron chi connectivity index (χ4n) is 3.16.